The van der Waals surface area contributed by atoms with Gasteiger partial charge in [0.15, 0.2) is 0 Å². The zero-order chi connectivity index (χ0) is 23.9. The molecule has 1 aromatic heterocycles. The maximum Gasteiger partial charge on any atom is 0.335 e. The number of pyridine rings is 1. The maximum absolute atomic E-state index is 13.9. The van der Waals surface area contributed by atoms with E-state index >= 15 is 0 Å². The first-order valence-electron chi connectivity index (χ1n) is 10.9. The summed E-state index contributed by atoms with van der Waals surface area (Å²) < 4.78 is 29.0. The number of rotatable bonds is 6. The minimum absolute atomic E-state index is 0.00897. The summed E-state index contributed by atoms with van der Waals surface area (Å²) in [4.78, 5) is 15.8. The number of aromatic carboxylic acids is 1. The Labute approximate surface area is 197 Å². The average molecular weight is 474 g/mol. The number of anilines is 2. The number of carboxylic acid groups (broad SMARTS) is 1. The Hall–Kier alpha value is -3.91. The molecule has 0 atom stereocenters. The average Bonchev–Trinajstić information content (AvgIpc) is 3.31. The van der Waals surface area contributed by atoms with Gasteiger partial charge in [0, 0.05) is 29.4 Å². The summed E-state index contributed by atoms with van der Waals surface area (Å²) in [5, 5.41) is 14.4. The molecule has 8 heteroatoms. The molecule has 172 valence electrons. The molecule has 5 rings (SSSR count). The number of fused-ring (bicyclic) bond motifs is 2. The van der Waals surface area contributed by atoms with Gasteiger partial charge in [0.05, 0.1) is 17.0 Å². The predicted octanol–water partition coefficient (Wildman–Crippen LogP) is 4.60. The quantitative estimate of drug-likeness (QED) is 0.424. The fourth-order valence-electron chi connectivity index (χ4n) is 4.34. The van der Waals surface area contributed by atoms with Crippen molar-refractivity contribution in [2.24, 2.45) is 0 Å². The maximum atomic E-state index is 13.9. The zero-order valence-electron chi connectivity index (χ0n) is 18.5. The van der Waals surface area contributed by atoms with Gasteiger partial charge in [0.1, 0.15) is 5.82 Å². The second-order valence-corrected chi connectivity index (χ2v) is 10.2. The van der Waals surface area contributed by atoms with Crippen LogP contribution in [0.2, 0.25) is 0 Å². The molecule has 0 radical (unpaired) electrons. The third-order valence-electron chi connectivity index (χ3n) is 6.16. The standard InChI is InChI=1S/C26H23N3O4S/c1-17-23-5-3-2-4-21(23)15-28-25(17)29(16-18-6-11-24-20(14-18)12-13-27-24)34(32,33)22-9-7-19(8-10-22)26(30)31/h2-11,14-15,27H,12-13,16H2,1H3,(H,30,31). The van der Waals surface area contributed by atoms with Crippen molar-refractivity contribution < 1.29 is 18.3 Å². The molecule has 3 aromatic carbocycles. The van der Waals surface area contributed by atoms with E-state index in [4.69, 9.17) is 0 Å². The summed E-state index contributed by atoms with van der Waals surface area (Å²) in [5.74, 6) is -0.765. The number of hydrogen-bond acceptors (Lipinski definition) is 5. The van der Waals surface area contributed by atoms with Crippen molar-refractivity contribution in [3.05, 3.63) is 95.2 Å². The van der Waals surface area contributed by atoms with Gasteiger partial charge in [-0.1, -0.05) is 36.4 Å². The molecule has 2 heterocycles. The van der Waals surface area contributed by atoms with Gasteiger partial charge in [-0.2, -0.15) is 0 Å². The largest absolute Gasteiger partial charge is 0.478 e. The van der Waals surface area contributed by atoms with Crippen LogP contribution in [0.15, 0.2) is 77.8 Å². The van der Waals surface area contributed by atoms with Gasteiger partial charge in [0.2, 0.25) is 0 Å². The number of aromatic nitrogens is 1. The van der Waals surface area contributed by atoms with Crippen molar-refractivity contribution in [2.45, 2.75) is 24.8 Å². The van der Waals surface area contributed by atoms with Crippen LogP contribution in [0.25, 0.3) is 10.8 Å². The minimum Gasteiger partial charge on any atom is -0.478 e. The van der Waals surface area contributed by atoms with Gasteiger partial charge in [0.25, 0.3) is 10.0 Å². The van der Waals surface area contributed by atoms with Crippen LogP contribution in [0.1, 0.15) is 27.0 Å². The highest BCUT2D eigenvalue weighted by molar-refractivity contribution is 7.92. The Morgan fingerprint density at radius 3 is 2.62 bits per heavy atom. The lowest BCUT2D eigenvalue weighted by Crippen LogP contribution is -2.32. The molecule has 0 bridgehead atoms. The summed E-state index contributed by atoms with van der Waals surface area (Å²) in [6, 6.07) is 18.9. The van der Waals surface area contributed by atoms with Gasteiger partial charge in [-0.05, 0) is 60.2 Å². The molecule has 1 aliphatic rings. The first kappa shape index (κ1) is 21.9. The Morgan fingerprint density at radius 1 is 1.09 bits per heavy atom. The van der Waals surface area contributed by atoms with Gasteiger partial charge < -0.3 is 10.4 Å². The third-order valence-corrected chi connectivity index (χ3v) is 7.91. The van der Waals surface area contributed by atoms with E-state index in [9.17, 15) is 18.3 Å². The van der Waals surface area contributed by atoms with Crippen molar-refractivity contribution in [3.63, 3.8) is 0 Å². The number of sulfonamides is 1. The molecule has 1 aliphatic heterocycles. The van der Waals surface area contributed by atoms with Crippen LogP contribution in [0.4, 0.5) is 11.5 Å². The summed E-state index contributed by atoms with van der Waals surface area (Å²) in [6.07, 6.45) is 2.57. The molecule has 0 amide bonds. The fourth-order valence-corrected chi connectivity index (χ4v) is 5.81. The molecule has 4 aromatic rings. The monoisotopic (exact) mass is 473 g/mol. The Morgan fingerprint density at radius 2 is 1.85 bits per heavy atom. The van der Waals surface area contributed by atoms with E-state index in [0.29, 0.717) is 5.82 Å². The number of carboxylic acids is 1. The first-order valence-corrected chi connectivity index (χ1v) is 12.3. The molecular weight excluding hydrogens is 450 g/mol. The van der Waals surface area contributed by atoms with E-state index in [0.717, 1.165) is 46.1 Å². The highest BCUT2D eigenvalue weighted by atomic mass is 32.2. The lowest BCUT2D eigenvalue weighted by molar-refractivity contribution is 0.0696. The normalized spacial score (nSPS) is 12.9. The van der Waals surface area contributed by atoms with E-state index in [1.807, 2.05) is 49.4 Å². The van der Waals surface area contributed by atoms with Gasteiger partial charge in [-0.3, -0.25) is 0 Å². The van der Waals surface area contributed by atoms with E-state index in [1.165, 1.54) is 28.6 Å². The number of nitrogens with one attached hydrogen (secondary N) is 1. The lowest BCUT2D eigenvalue weighted by atomic mass is 10.1. The van der Waals surface area contributed by atoms with Crippen LogP contribution in [0.3, 0.4) is 0 Å². The first-order chi connectivity index (χ1) is 16.3. The van der Waals surface area contributed by atoms with Gasteiger partial charge in [-0.25, -0.2) is 22.5 Å². The number of aryl methyl sites for hydroxylation is 1. The van der Waals surface area contributed by atoms with E-state index in [1.54, 1.807) is 6.20 Å². The molecule has 0 aliphatic carbocycles. The summed E-state index contributed by atoms with van der Waals surface area (Å²) in [7, 11) is -4.04. The summed E-state index contributed by atoms with van der Waals surface area (Å²) >= 11 is 0. The SMILES string of the molecule is Cc1c(N(Cc2ccc3c(c2)CCN3)S(=O)(=O)c2ccc(C(=O)O)cc2)ncc2ccccc12. The molecule has 2 N–H and O–H groups in total. The molecule has 0 spiro atoms. The second kappa shape index (κ2) is 8.46. The van der Waals surface area contributed by atoms with Crippen LogP contribution in [-0.4, -0.2) is 31.0 Å². The van der Waals surface area contributed by atoms with Crippen molar-refractivity contribution in [1.29, 1.82) is 0 Å². The van der Waals surface area contributed by atoms with Gasteiger partial charge in [-0.15, -0.1) is 0 Å². The van der Waals surface area contributed by atoms with Crippen molar-refractivity contribution in [1.82, 2.24) is 4.98 Å². The van der Waals surface area contributed by atoms with Gasteiger partial charge >= 0.3 is 5.97 Å². The topological polar surface area (TPSA) is 99.6 Å². The fraction of sp³-hybridized carbons (Fsp3) is 0.154. The molecule has 0 saturated carbocycles. The Bertz CT molecular complexity index is 1520. The number of nitrogens with zero attached hydrogens (tertiary/aromatic N) is 2. The van der Waals surface area contributed by atoms with Crippen molar-refractivity contribution in [3.8, 4) is 0 Å². The smallest absolute Gasteiger partial charge is 0.335 e. The molecular formula is C26H23N3O4S. The zero-order valence-corrected chi connectivity index (χ0v) is 19.3. The predicted molar refractivity (Wildman–Crippen MR) is 132 cm³/mol. The van der Waals surface area contributed by atoms with E-state index in [2.05, 4.69) is 10.3 Å². The highest BCUT2D eigenvalue weighted by Crippen LogP contribution is 2.32. The van der Waals surface area contributed by atoms with Crippen LogP contribution in [-0.2, 0) is 23.0 Å². The molecule has 7 nitrogen and oxygen atoms in total. The lowest BCUT2D eigenvalue weighted by Gasteiger charge is -2.26. The molecule has 0 fully saturated rings. The molecule has 0 saturated heterocycles. The number of carbonyl (C=O) groups is 1. The van der Waals surface area contributed by atoms with Crippen LogP contribution in [0, 0.1) is 6.92 Å². The van der Waals surface area contributed by atoms with Crippen LogP contribution < -0.4 is 9.62 Å². The van der Waals surface area contributed by atoms with Crippen molar-refractivity contribution >= 4 is 38.3 Å². The molecule has 0 unspecified atom stereocenters. The highest BCUT2D eigenvalue weighted by Gasteiger charge is 2.29. The molecule has 34 heavy (non-hydrogen) atoms. The van der Waals surface area contributed by atoms with Crippen LogP contribution in [0.5, 0.6) is 0 Å². The van der Waals surface area contributed by atoms with Crippen molar-refractivity contribution in [2.75, 3.05) is 16.2 Å². The Balaban J connectivity index is 1.64. The van der Waals surface area contributed by atoms with Crippen LogP contribution >= 0.6 is 0 Å². The summed E-state index contributed by atoms with van der Waals surface area (Å²) in [6.45, 7) is 2.83. The third kappa shape index (κ3) is 3.86. The number of benzene rings is 3. The summed E-state index contributed by atoms with van der Waals surface area (Å²) in [5.41, 5.74) is 3.86. The number of hydrogen-bond donors (Lipinski definition) is 2. The van der Waals surface area contributed by atoms with E-state index < -0.39 is 16.0 Å². The Kier molecular flexibility index (Phi) is 5.45. The second-order valence-electron chi connectivity index (χ2n) is 8.30. The van der Waals surface area contributed by atoms with E-state index in [-0.39, 0.29) is 17.0 Å². The minimum atomic E-state index is -4.04.